The van der Waals surface area contributed by atoms with E-state index in [1.54, 1.807) is 37.3 Å². The van der Waals surface area contributed by atoms with Gasteiger partial charge in [-0.25, -0.2) is 4.79 Å². The zero-order valence-electron chi connectivity index (χ0n) is 25.2. The van der Waals surface area contributed by atoms with Crippen molar-refractivity contribution in [3.05, 3.63) is 88.2 Å². The SMILES string of the molecule is COC(=O)c1ccc(CN(CC(=O)c2cc(C(N)=O)c(C)n2Cc2cccc(OC(F)(F)F)c2)C(=O)CC2CCCCC2)cc1. The van der Waals surface area contributed by atoms with Crippen molar-refractivity contribution < 1.29 is 41.8 Å². The Morgan fingerprint density at radius 3 is 2.29 bits per heavy atom. The van der Waals surface area contributed by atoms with E-state index in [-0.39, 0.29) is 49.1 Å². The number of primary amides is 1. The molecule has 1 aliphatic carbocycles. The standard InChI is InChI=1S/C33H36F3N3O6/c1-21-27(31(37)42)17-28(39(21)19-24-9-6-10-26(15-24)45-33(34,35)36)29(40)20-38(30(41)16-22-7-4-3-5-8-22)18-23-11-13-25(14-12-23)32(43)44-2/h6,9-15,17,22H,3-5,7-8,16,18-20H2,1-2H3,(H2,37,42). The molecule has 0 unspecified atom stereocenters. The van der Waals surface area contributed by atoms with Crippen molar-refractivity contribution in [1.29, 1.82) is 0 Å². The van der Waals surface area contributed by atoms with Crippen LogP contribution in [0, 0.1) is 12.8 Å². The number of hydrogen-bond donors (Lipinski definition) is 1. The molecular weight excluding hydrogens is 591 g/mol. The Balaban J connectivity index is 1.63. The lowest BCUT2D eigenvalue weighted by molar-refractivity contribution is -0.274. The normalized spacial score (nSPS) is 13.7. The fraction of sp³-hybridized carbons (Fsp3) is 0.394. The molecule has 0 radical (unpaired) electrons. The van der Waals surface area contributed by atoms with Crippen LogP contribution < -0.4 is 10.5 Å². The topological polar surface area (TPSA) is 121 Å². The smallest absolute Gasteiger partial charge is 0.465 e. The van der Waals surface area contributed by atoms with Crippen LogP contribution in [0.15, 0.2) is 54.6 Å². The van der Waals surface area contributed by atoms with Crippen molar-refractivity contribution in [3.63, 3.8) is 0 Å². The largest absolute Gasteiger partial charge is 0.573 e. The number of carbonyl (C=O) groups is 4. The lowest BCUT2D eigenvalue weighted by Gasteiger charge is -2.27. The molecule has 1 saturated carbocycles. The number of Topliss-reactive ketones (excluding diaryl/α,β-unsaturated/α-hetero) is 1. The number of ketones is 1. The van der Waals surface area contributed by atoms with Gasteiger partial charge >= 0.3 is 12.3 Å². The summed E-state index contributed by atoms with van der Waals surface area (Å²) >= 11 is 0. The summed E-state index contributed by atoms with van der Waals surface area (Å²) < 4.78 is 48.7. The summed E-state index contributed by atoms with van der Waals surface area (Å²) in [5.74, 6) is -2.16. The van der Waals surface area contributed by atoms with Gasteiger partial charge in [-0.1, -0.05) is 43.5 Å². The first-order valence-electron chi connectivity index (χ1n) is 14.7. The maximum Gasteiger partial charge on any atom is 0.573 e. The Labute approximate surface area is 259 Å². The number of benzene rings is 2. The second kappa shape index (κ2) is 14.4. The number of amides is 2. The zero-order chi connectivity index (χ0) is 32.7. The van der Waals surface area contributed by atoms with Crippen LogP contribution in [0.4, 0.5) is 13.2 Å². The lowest BCUT2D eigenvalue weighted by atomic mass is 9.86. The van der Waals surface area contributed by atoms with Crippen molar-refractivity contribution in [2.24, 2.45) is 11.7 Å². The Hall–Kier alpha value is -4.61. The van der Waals surface area contributed by atoms with E-state index in [9.17, 15) is 32.3 Å². The van der Waals surface area contributed by atoms with Crippen molar-refractivity contribution in [1.82, 2.24) is 9.47 Å². The minimum atomic E-state index is -4.88. The van der Waals surface area contributed by atoms with E-state index in [0.29, 0.717) is 22.4 Å². The molecule has 9 nitrogen and oxygen atoms in total. The fourth-order valence-electron chi connectivity index (χ4n) is 5.69. The molecule has 2 amide bonds. The molecule has 0 spiro atoms. The van der Waals surface area contributed by atoms with Gasteiger partial charge < -0.3 is 24.7 Å². The zero-order valence-corrected chi connectivity index (χ0v) is 25.2. The van der Waals surface area contributed by atoms with Gasteiger partial charge in [-0.15, -0.1) is 13.2 Å². The Morgan fingerprint density at radius 1 is 0.978 bits per heavy atom. The molecule has 45 heavy (non-hydrogen) atoms. The van der Waals surface area contributed by atoms with E-state index >= 15 is 0 Å². The van der Waals surface area contributed by atoms with Crippen molar-refractivity contribution in [2.45, 2.75) is 64.9 Å². The minimum Gasteiger partial charge on any atom is -0.465 e. The number of hydrogen-bond acceptors (Lipinski definition) is 6. The third-order valence-electron chi connectivity index (χ3n) is 8.01. The number of ether oxygens (including phenoxy) is 2. The molecule has 2 N–H and O–H groups in total. The van der Waals surface area contributed by atoms with Gasteiger partial charge in [-0.05, 0) is 67.1 Å². The Morgan fingerprint density at radius 2 is 1.67 bits per heavy atom. The summed E-state index contributed by atoms with van der Waals surface area (Å²) in [7, 11) is 1.28. The molecular formula is C33H36F3N3O6. The summed E-state index contributed by atoms with van der Waals surface area (Å²) in [5.41, 5.74) is 7.52. The molecule has 0 aliphatic heterocycles. The Kier molecular flexibility index (Phi) is 10.7. The monoisotopic (exact) mass is 627 g/mol. The highest BCUT2D eigenvalue weighted by Gasteiger charge is 2.31. The average molecular weight is 628 g/mol. The maximum absolute atomic E-state index is 13.9. The van der Waals surface area contributed by atoms with E-state index < -0.39 is 29.8 Å². The first kappa shape index (κ1) is 33.3. The summed E-state index contributed by atoms with van der Waals surface area (Å²) in [6.07, 6.45) is 0.489. The molecule has 3 aromatic rings. The van der Waals surface area contributed by atoms with E-state index in [4.69, 9.17) is 10.5 Å². The van der Waals surface area contributed by atoms with E-state index in [1.807, 2.05) is 0 Å². The minimum absolute atomic E-state index is 0.0553. The van der Waals surface area contributed by atoms with Crippen molar-refractivity contribution in [2.75, 3.05) is 13.7 Å². The second-order valence-electron chi connectivity index (χ2n) is 11.2. The van der Waals surface area contributed by atoms with E-state index in [2.05, 4.69) is 4.74 Å². The fourth-order valence-corrected chi connectivity index (χ4v) is 5.69. The average Bonchev–Trinajstić information content (AvgIpc) is 3.32. The first-order valence-corrected chi connectivity index (χ1v) is 14.7. The molecule has 0 saturated heterocycles. The molecule has 0 bridgehead atoms. The number of nitrogens with zero attached hydrogens (tertiary/aromatic N) is 2. The molecule has 0 atom stereocenters. The van der Waals surface area contributed by atoms with Crippen LogP contribution in [0.2, 0.25) is 0 Å². The van der Waals surface area contributed by atoms with Gasteiger partial charge in [-0.2, -0.15) is 0 Å². The van der Waals surface area contributed by atoms with Crippen LogP contribution in [0.5, 0.6) is 5.75 Å². The second-order valence-corrected chi connectivity index (χ2v) is 11.2. The van der Waals surface area contributed by atoms with Crippen LogP contribution in [-0.4, -0.2) is 53.1 Å². The number of nitrogens with two attached hydrogens (primary N) is 1. The number of esters is 1. The molecule has 1 aromatic heterocycles. The summed E-state index contributed by atoms with van der Waals surface area (Å²) in [5, 5.41) is 0. The van der Waals surface area contributed by atoms with Crippen LogP contribution in [0.1, 0.15) is 86.6 Å². The molecule has 4 rings (SSSR count). The van der Waals surface area contributed by atoms with Gasteiger partial charge in [0.25, 0.3) is 5.91 Å². The molecule has 1 aliphatic rings. The third-order valence-corrected chi connectivity index (χ3v) is 8.01. The molecule has 240 valence electrons. The highest BCUT2D eigenvalue weighted by atomic mass is 19.4. The number of alkyl halides is 3. The van der Waals surface area contributed by atoms with Gasteiger partial charge in [0, 0.05) is 25.2 Å². The van der Waals surface area contributed by atoms with Gasteiger partial charge in [0.1, 0.15) is 5.75 Å². The summed E-state index contributed by atoms with van der Waals surface area (Å²) in [4.78, 5) is 53.1. The third kappa shape index (κ3) is 8.96. The van der Waals surface area contributed by atoms with Gasteiger partial charge in [0.2, 0.25) is 5.91 Å². The van der Waals surface area contributed by atoms with Crippen LogP contribution in [0.25, 0.3) is 0 Å². The van der Waals surface area contributed by atoms with Crippen LogP contribution in [-0.2, 0) is 22.6 Å². The van der Waals surface area contributed by atoms with Gasteiger partial charge in [0.05, 0.1) is 30.5 Å². The van der Waals surface area contributed by atoms with Gasteiger partial charge in [0.15, 0.2) is 5.78 Å². The number of methoxy groups -OCH3 is 1. The molecule has 12 heteroatoms. The number of rotatable bonds is 12. The van der Waals surface area contributed by atoms with Crippen molar-refractivity contribution >= 4 is 23.6 Å². The summed E-state index contributed by atoms with van der Waals surface area (Å²) in [6.45, 7) is 1.31. The number of halogens is 3. The van der Waals surface area contributed by atoms with Gasteiger partial charge in [-0.3, -0.25) is 14.4 Å². The molecule has 1 fully saturated rings. The predicted octanol–water partition coefficient (Wildman–Crippen LogP) is 5.81. The number of aromatic nitrogens is 1. The number of carbonyl (C=O) groups excluding carboxylic acids is 4. The molecule has 2 aromatic carbocycles. The lowest BCUT2D eigenvalue weighted by Crippen LogP contribution is -2.37. The predicted molar refractivity (Wildman–Crippen MR) is 159 cm³/mol. The highest BCUT2D eigenvalue weighted by Crippen LogP contribution is 2.28. The quantitative estimate of drug-likeness (QED) is 0.200. The van der Waals surface area contributed by atoms with E-state index in [0.717, 1.165) is 38.2 Å². The highest BCUT2D eigenvalue weighted by molar-refractivity contribution is 6.02. The molecule has 1 heterocycles. The van der Waals surface area contributed by atoms with E-state index in [1.165, 1.54) is 34.8 Å². The maximum atomic E-state index is 13.9. The van der Waals surface area contributed by atoms with Crippen LogP contribution in [0.3, 0.4) is 0 Å². The Bertz CT molecular complexity index is 1540. The van der Waals surface area contributed by atoms with Crippen molar-refractivity contribution in [3.8, 4) is 5.75 Å². The summed E-state index contributed by atoms with van der Waals surface area (Å²) in [6, 6.07) is 13.2. The first-order chi connectivity index (χ1) is 21.3. The van der Waals surface area contributed by atoms with Crippen LogP contribution >= 0.6 is 0 Å².